The van der Waals surface area contributed by atoms with Gasteiger partial charge in [0, 0.05) is 6.07 Å². The van der Waals surface area contributed by atoms with Crippen LogP contribution < -0.4 is 14.8 Å². The monoisotopic (exact) mass is 319 g/mol. The van der Waals surface area contributed by atoms with E-state index in [1.165, 1.54) is 14.2 Å². The Kier molecular flexibility index (Phi) is 3.96. The first-order chi connectivity index (χ1) is 11.0. The zero-order valence-electron chi connectivity index (χ0n) is 12.7. The number of ether oxygens (including phenoxy) is 3. The van der Waals surface area contributed by atoms with Crippen molar-refractivity contribution in [2.75, 3.05) is 19.5 Å². The molecule has 2 aliphatic rings. The Balaban J connectivity index is 1.82. The van der Waals surface area contributed by atoms with E-state index in [1.807, 2.05) is 0 Å². The van der Waals surface area contributed by atoms with Gasteiger partial charge in [0.25, 0.3) is 0 Å². The summed E-state index contributed by atoms with van der Waals surface area (Å²) in [5.74, 6) is -2.07. The van der Waals surface area contributed by atoms with Crippen molar-refractivity contribution in [3.05, 3.63) is 30.4 Å². The predicted molar refractivity (Wildman–Crippen MR) is 80.6 cm³/mol. The number of methoxy groups -OCH3 is 2. The van der Waals surface area contributed by atoms with Crippen LogP contribution in [-0.2, 0) is 14.3 Å². The first-order valence-electron chi connectivity index (χ1n) is 7.14. The number of carbonyl (C=O) groups is 2. The number of anilines is 1. The van der Waals surface area contributed by atoms with E-state index in [2.05, 4.69) is 5.32 Å². The molecule has 0 aromatic heterocycles. The number of fused-ring (bicyclic) bond motifs is 2. The van der Waals surface area contributed by atoms with Crippen LogP contribution in [0.3, 0.4) is 0 Å². The summed E-state index contributed by atoms with van der Waals surface area (Å²) in [6.45, 7) is 0. The summed E-state index contributed by atoms with van der Waals surface area (Å²) in [5, 5.41) is 12.1. The molecule has 2 N–H and O–H groups in total. The van der Waals surface area contributed by atoms with Crippen molar-refractivity contribution in [2.24, 2.45) is 11.8 Å². The molecule has 1 aromatic rings. The number of carboxylic acids is 1. The van der Waals surface area contributed by atoms with Crippen LogP contribution in [0.5, 0.6) is 11.5 Å². The molecule has 0 spiro atoms. The van der Waals surface area contributed by atoms with Gasteiger partial charge in [-0.25, -0.2) is 0 Å². The Labute approximate surface area is 132 Å². The van der Waals surface area contributed by atoms with Crippen LogP contribution in [0, 0.1) is 11.8 Å². The minimum Gasteiger partial charge on any atom is -0.497 e. The average molecular weight is 319 g/mol. The van der Waals surface area contributed by atoms with Crippen LogP contribution in [-0.4, -0.2) is 43.4 Å². The summed E-state index contributed by atoms with van der Waals surface area (Å²) in [6.07, 6.45) is 2.37. The van der Waals surface area contributed by atoms with Crippen molar-refractivity contribution in [2.45, 2.75) is 12.2 Å². The van der Waals surface area contributed by atoms with Gasteiger partial charge in [-0.1, -0.05) is 12.2 Å². The third-order valence-electron chi connectivity index (χ3n) is 4.15. The van der Waals surface area contributed by atoms with Crippen molar-refractivity contribution in [3.8, 4) is 11.5 Å². The minimum absolute atomic E-state index is 0.405. The summed E-state index contributed by atoms with van der Waals surface area (Å²) >= 11 is 0. The third kappa shape index (κ3) is 2.63. The maximum absolute atomic E-state index is 12.6. The van der Waals surface area contributed by atoms with Gasteiger partial charge in [0.2, 0.25) is 5.91 Å². The van der Waals surface area contributed by atoms with E-state index in [4.69, 9.17) is 14.2 Å². The molecule has 2 aliphatic heterocycles. The number of carbonyl (C=O) groups excluding carboxylic acids is 1. The van der Waals surface area contributed by atoms with Crippen LogP contribution in [0.4, 0.5) is 5.69 Å². The molecule has 1 amide bonds. The van der Waals surface area contributed by atoms with E-state index in [0.717, 1.165) is 0 Å². The first-order valence-corrected chi connectivity index (χ1v) is 7.14. The number of nitrogens with one attached hydrogen (secondary N) is 1. The molecule has 3 rings (SSSR count). The summed E-state index contributed by atoms with van der Waals surface area (Å²) in [7, 11) is 3.01. The highest BCUT2D eigenvalue weighted by Crippen LogP contribution is 2.40. The van der Waals surface area contributed by atoms with E-state index < -0.39 is 35.9 Å². The van der Waals surface area contributed by atoms with Crippen molar-refractivity contribution >= 4 is 17.6 Å². The van der Waals surface area contributed by atoms with E-state index >= 15 is 0 Å². The van der Waals surface area contributed by atoms with E-state index in [9.17, 15) is 14.7 Å². The fourth-order valence-electron chi connectivity index (χ4n) is 3.03. The predicted octanol–water partition coefficient (Wildman–Crippen LogP) is 1.30. The van der Waals surface area contributed by atoms with Gasteiger partial charge in [0.1, 0.15) is 17.4 Å². The van der Waals surface area contributed by atoms with Crippen LogP contribution in [0.2, 0.25) is 0 Å². The van der Waals surface area contributed by atoms with E-state index in [1.54, 1.807) is 30.4 Å². The fourth-order valence-corrected chi connectivity index (χ4v) is 3.03. The lowest BCUT2D eigenvalue weighted by Crippen LogP contribution is -2.39. The molecule has 7 nitrogen and oxygen atoms in total. The first kappa shape index (κ1) is 15.4. The molecule has 1 fully saturated rings. The highest BCUT2D eigenvalue weighted by Gasteiger charge is 2.53. The lowest BCUT2D eigenvalue weighted by atomic mass is 9.82. The SMILES string of the molecule is COc1ccc(NC(=O)C2C3C=CC(O3)C2C(=O)O)c(OC)c1. The van der Waals surface area contributed by atoms with Crippen molar-refractivity contribution in [1.29, 1.82) is 0 Å². The number of aliphatic carboxylic acids is 1. The van der Waals surface area contributed by atoms with Crippen molar-refractivity contribution < 1.29 is 28.9 Å². The quantitative estimate of drug-likeness (QED) is 0.795. The van der Waals surface area contributed by atoms with E-state index in [-0.39, 0.29) is 0 Å². The smallest absolute Gasteiger partial charge is 0.310 e. The number of amides is 1. The number of hydrogen-bond donors (Lipinski definition) is 2. The standard InChI is InChI=1S/C16H17NO6/c1-21-8-3-4-9(12(7-8)22-2)17-15(18)13-10-5-6-11(23-10)14(13)16(19)20/h3-7,10-11,13-14H,1-2H3,(H,17,18)(H,19,20). The summed E-state index contributed by atoms with van der Waals surface area (Å²) in [6, 6.07) is 4.97. The summed E-state index contributed by atoms with van der Waals surface area (Å²) < 4.78 is 15.8. The maximum Gasteiger partial charge on any atom is 0.310 e. The lowest BCUT2D eigenvalue weighted by molar-refractivity contribution is -0.145. The van der Waals surface area contributed by atoms with Crippen molar-refractivity contribution in [1.82, 2.24) is 0 Å². The van der Waals surface area contributed by atoms with Gasteiger partial charge in [-0.2, -0.15) is 0 Å². The molecule has 4 atom stereocenters. The second-order valence-corrected chi connectivity index (χ2v) is 5.40. The van der Waals surface area contributed by atoms with Gasteiger partial charge in [-0.3, -0.25) is 9.59 Å². The Bertz CT molecular complexity index is 671. The second-order valence-electron chi connectivity index (χ2n) is 5.40. The van der Waals surface area contributed by atoms with Gasteiger partial charge in [-0.15, -0.1) is 0 Å². The molecule has 4 unspecified atom stereocenters. The largest absolute Gasteiger partial charge is 0.497 e. The average Bonchev–Trinajstić information content (AvgIpc) is 3.16. The highest BCUT2D eigenvalue weighted by atomic mass is 16.5. The number of benzene rings is 1. The number of hydrogen-bond acceptors (Lipinski definition) is 5. The van der Waals surface area contributed by atoms with Crippen LogP contribution >= 0.6 is 0 Å². The Hall–Kier alpha value is -2.54. The second kappa shape index (κ2) is 5.92. The minimum atomic E-state index is -1.04. The van der Waals surface area contributed by atoms with Crippen LogP contribution in [0.25, 0.3) is 0 Å². The molecule has 2 bridgehead atoms. The van der Waals surface area contributed by atoms with Gasteiger partial charge in [-0.05, 0) is 12.1 Å². The van der Waals surface area contributed by atoms with E-state index in [0.29, 0.717) is 17.2 Å². The molecule has 2 heterocycles. The maximum atomic E-state index is 12.6. The Morgan fingerprint density at radius 1 is 1.13 bits per heavy atom. The molecule has 7 heteroatoms. The molecule has 23 heavy (non-hydrogen) atoms. The lowest BCUT2D eigenvalue weighted by Gasteiger charge is -2.21. The zero-order chi connectivity index (χ0) is 16.6. The molecular weight excluding hydrogens is 302 g/mol. The van der Waals surface area contributed by atoms with Gasteiger partial charge < -0.3 is 24.6 Å². The topological polar surface area (TPSA) is 94.1 Å². The normalized spacial score (nSPS) is 27.7. The highest BCUT2D eigenvalue weighted by molar-refractivity contribution is 5.97. The van der Waals surface area contributed by atoms with Gasteiger partial charge >= 0.3 is 5.97 Å². The third-order valence-corrected chi connectivity index (χ3v) is 4.15. The Morgan fingerprint density at radius 3 is 2.43 bits per heavy atom. The molecular formula is C16H17NO6. The van der Waals surface area contributed by atoms with Gasteiger partial charge in [0.05, 0.1) is 38.0 Å². The molecule has 1 saturated heterocycles. The summed E-state index contributed by atoms with van der Waals surface area (Å²) in [4.78, 5) is 24.0. The number of rotatable bonds is 5. The van der Waals surface area contributed by atoms with Crippen molar-refractivity contribution in [3.63, 3.8) is 0 Å². The zero-order valence-corrected chi connectivity index (χ0v) is 12.7. The fraction of sp³-hybridized carbons (Fsp3) is 0.375. The van der Waals surface area contributed by atoms with Crippen LogP contribution in [0.15, 0.2) is 30.4 Å². The molecule has 122 valence electrons. The number of carboxylic acid groups (broad SMARTS) is 1. The Morgan fingerprint density at radius 2 is 1.83 bits per heavy atom. The summed E-state index contributed by atoms with van der Waals surface area (Å²) in [5.41, 5.74) is 0.453. The van der Waals surface area contributed by atoms with Crippen LogP contribution in [0.1, 0.15) is 0 Å². The molecule has 0 radical (unpaired) electrons. The van der Waals surface area contributed by atoms with Gasteiger partial charge in [0.15, 0.2) is 0 Å². The molecule has 0 saturated carbocycles. The molecule has 0 aliphatic carbocycles. The molecule has 1 aromatic carbocycles.